The van der Waals surface area contributed by atoms with E-state index in [0.29, 0.717) is 23.8 Å². The van der Waals surface area contributed by atoms with E-state index in [4.69, 9.17) is 19.5 Å². The third-order valence-corrected chi connectivity index (χ3v) is 4.72. The van der Waals surface area contributed by atoms with Gasteiger partial charge in [0.1, 0.15) is 0 Å². The number of hydrogen-bond donors (Lipinski definition) is 2. The van der Waals surface area contributed by atoms with Gasteiger partial charge in [0.15, 0.2) is 0 Å². The largest absolute Gasteiger partial charge is 0.490 e. The Labute approximate surface area is 189 Å². The molecule has 0 bridgehead atoms. The van der Waals surface area contributed by atoms with E-state index in [0.717, 1.165) is 23.9 Å². The third-order valence-electron chi connectivity index (χ3n) is 4.25. The van der Waals surface area contributed by atoms with E-state index >= 15 is 0 Å². The highest BCUT2D eigenvalue weighted by molar-refractivity contribution is 9.10. The average Bonchev–Trinajstić information content (AvgIpc) is 2.75. The van der Waals surface area contributed by atoms with E-state index < -0.39 is 7.12 Å². The van der Waals surface area contributed by atoms with Crippen LogP contribution in [0.4, 0.5) is 0 Å². The Balaban J connectivity index is 0.000000303. The lowest BCUT2D eigenvalue weighted by molar-refractivity contribution is 0.293. The zero-order valence-corrected chi connectivity index (χ0v) is 19.7. The van der Waals surface area contributed by atoms with Gasteiger partial charge >= 0.3 is 7.12 Å². The summed E-state index contributed by atoms with van der Waals surface area (Å²) in [5.74, 6) is 1.24. The summed E-state index contributed by atoms with van der Waals surface area (Å²) in [4.78, 5) is 8.10. The fourth-order valence-corrected chi connectivity index (χ4v) is 2.72. The molecule has 0 atom stereocenters. The van der Waals surface area contributed by atoms with Crippen LogP contribution < -0.4 is 14.9 Å². The first-order valence-corrected chi connectivity index (χ1v) is 11.5. The molecule has 0 spiro atoms. The molecule has 2 aromatic heterocycles. The molecule has 2 rings (SSSR count). The molecule has 0 fully saturated rings. The molecule has 2 heterocycles. The van der Waals surface area contributed by atoms with Crippen LogP contribution in [0.1, 0.15) is 65.2 Å². The van der Waals surface area contributed by atoms with E-state index in [2.05, 4.69) is 39.7 Å². The second kappa shape index (κ2) is 17.1. The van der Waals surface area contributed by atoms with E-state index in [9.17, 15) is 0 Å². The predicted octanol–water partition coefficient (Wildman–Crippen LogP) is 4.52. The van der Waals surface area contributed by atoms with Crippen LogP contribution in [-0.2, 0) is 0 Å². The maximum atomic E-state index is 8.86. The van der Waals surface area contributed by atoms with Crippen LogP contribution in [0.25, 0.3) is 0 Å². The van der Waals surface area contributed by atoms with Gasteiger partial charge in [0.25, 0.3) is 0 Å². The van der Waals surface area contributed by atoms with Crippen molar-refractivity contribution in [3.8, 4) is 11.8 Å². The van der Waals surface area contributed by atoms with Gasteiger partial charge in [-0.25, -0.2) is 9.97 Å². The van der Waals surface area contributed by atoms with Crippen LogP contribution in [0.2, 0.25) is 0 Å². The normalized spacial score (nSPS) is 10.2. The van der Waals surface area contributed by atoms with E-state index in [1.165, 1.54) is 44.7 Å². The van der Waals surface area contributed by atoms with Gasteiger partial charge in [-0.1, -0.05) is 58.4 Å². The molecule has 0 aliphatic carbocycles. The van der Waals surface area contributed by atoms with Gasteiger partial charge in [-0.3, -0.25) is 0 Å². The average molecular weight is 481 g/mol. The zero-order valence-electron chi connectivity index (χ0n) is 18.1. The van der Waals surface area contributed by atoms with Crippen LogP contribution in [0.3, 0.4) is 0 Å². The summed E-state index contributed by atoms with van der Waals surface area (Å²) >= 11 is 3.33. The van der Waals surface area contributed by atoms with Crippen molar-refractivity contribution >= 4 is 28.5 Å². The van der Waals surface area contributed by atoms with Crippen LogP contribution in [-0.4, -0.2) is 40.3 Å². The standard InChI is InChI=1S/C11H18BNO3.C11H16BrNO/c1-2-3-4-5-8-16-11-7-6-10(9-13-11)12(14)15;1-2-3-4-5-8-14-11-7-6-10(12)9-13-11/h6-7,9,14-15H,2-5,8H2,1H3;6-7,9H,2-5,8H2,1H3. The molecule has 0 radical (unpaired) electrons. The Hall–Kier alpha value is -1.64. The fourth-order valence-electron chi connectivity index (χ4n) is 2.49. The van der Waals surface area contributed by atoms with Crippen molar-refractivity contribution in [3.05, 3.63) is 41.1 Å². The Bertz CT molecular complexity index is 657. The number of hydrogen-bond acceptors (Lipinski definition) is 6. The molecular formula is C22H34BBrN2O4. The molecule has 8 heteroatoms. The summed E-state index contributed by atoms with van der Waals surface area (Å²) in [6.07, 6.45) is 12.7. The predicted molar refractivity (Wildman–Crippen MR) is 125 cm³/mol. The smallest absolute Gasteiger partial charge is 0.478 e. The topological polar surface area (TPSA) is 84.7 Å². The Morgan fingerprint density at radius 3 is 1.70 bits per heavy atom. The summed E-state index contributed by atoms with van der Waals surface area (Å²) < 4.78 is 11.9. The van der Waals surface area contributed by atoms with Crippen molar-refractivity contribution in [2.45, 2.75) is 65.2 Å². The van der Waals surface area contributed by atoms with Crippen LogP contribution in [0.5, 0.6) is 11.8 Å². The highest BCUT2D eigenvalue weighted by atomic mass is 79.9. The summed E-state index contributed by atoms with van der Waals surface area (Å²) in [6, 6.07) is 7.06. The molecule has 0 aliphatic heterocycles. The quantitative estimate of drug-likeness (QED) is 0.323. The highest BCUT2D eigenvalue weighted by Crippen LogP contribution is 2.12. The van der Waals surface area contributed by atoms with Gasteiger partial charge in [-0.15, -0.1) is 0 Å². The monoisotopic (exact) mass is 480 g/mol. The minimum absolute atomic E-state index is 0.373. The van der Waals surface area contributed by atoms with Crippen molar-refractivity contribution in [3.63, 3.8) is 0 Å². The molecule has 0 saturated carbocycles. The molecule has 30 heavy (non-hydrogen) atoms. The zero-order chi connectivity index (χ0) is 22.0. The fraction of sp³-hybridized carbons (Fsp3) is 0.545. The number of ether oxygens (including phenoxy) is 2. The van der Waals surface area contributed by atoms with Crippen LogP contribution in [0.15, 0.2) is 41.1 Å². The molecule has 2 N–H and O–H groups in total. The minimum Gasteiger partial charge on any atom is -0.478 e. The second-order valence-electron chi connectivity index (χ2n) is 6.94. The highest BCUT2D eigenvalue weighted by Gasteiger charge is 2.10. The van der Waals surface area contributed by atoms with Crippen LogP contribution in [0, 0.1) is 0 Å². The van der Waals surface area contributed by atoms with Crippen molar-refractivity contribution in [2.75, 3.05) is 13.2 Å². The van der Waals surface area contributed by atoms with Gasteiger partial charge in [0, 0.05) is 28.4 Å². The minimum atomic E-state index is -1.47. The second-order valence-corrected chi connectivity index (χ2v) is 7.85. The molecule has 2 aromatic rings. The third kappa shape index (κ3) is 12.8. The number of aromatic nitrogens is 2. The Kier molecular flexibility index (Phi) is 15.0. The van der Waals surface area contributed by atoms with Gasteiger partial charge in [0.05, 0.1) is 13.2 Å². The molecule has 166 valence electrons. The summed E-state index contributed by atoms with van der Waals surface area (Å²) in [6.45, 7) is 5.81. The molecule has 0 unspecified atom stereocenters. The van der Waals surface area contributed by atoms with Crippen LogP contribution >= 0.6 is 15.9 Å². The SMILES string of the molecule is CCCCCCOc1ccc(B(O)O)cn1.CCCCCCOc1ccc(Br)cn1. The van der Waals surface area contributed by atoms with E-state index in [-0.39, 0.29) is 0 Å². The van der Waals surface area contributed by atoms with Crippen molar-refractivity contribution in [1.82, 2.24) is 9.97 Å². The molecular weight excluding hydrogens is 447 g/mol. The maximum absolute atomic E-state index is 8.86. The molecule has 6 nitrogen and oxygen atoms in total. The van der Waals surface area contributed by atoms with Gasteiger partial charge < -0.3 is 19.5 Å². The number of halogens is 1. The number of pyridine rings is 2. The van der Waals surface area contributed by atoms with Crippen molar-refractivity contribution in [2.24, 2.45) is 0 Å². The molecule has 0 saturated heterocycles. The number of nitrogens with zero attached hydrogens (tertiary/aromatic N) is 2. The van der Waals surface area contributed by atoms with Gasteiger partial charge in [-0.2, -0.15) is 0 Å². The lowest BCUT2D eigenvalue weighted by Gasteiger charge is -2.05. The summed E-state index contributed by atoms with van der Waals surface area (Å²) in [5, 5.41) is 17.7. The first-order chi connectivity index (χ1) is 14.6. The molecule has 0 amide bonds. The number of unbranched alkanes of at least 4 members (excludes halogenated alkanes) is 6. The van der Waals surface area contributed by atoms with Gasteiger partial charge in [-0.05, 0) is 40.9 Å². The van der Waals surface area contributed by atoms with Crippen molar-refractivity contribution < 1.29 is 19.5 Å². The lowest BCUT2D eigenvalue weighted by Crippen LogP contribution is -2.29. The van der Waals surface area contributed by atoms with E-state index in [1.807, 2.05) is 12.1 Å². The molecule has 0 aromatic carbocycles. The summed E-state index contributed by atoms with van der Waals surface area (Å²) in [7, 11) is -1.47. The Morgan fingerprint density at radius 2 is 1.30 bits per heavy atom. The molecule has 0 aliphatic rings. The van der Waals surface area contributed by atoms with Gasteiger partial charge in [0.2, 0.25) is 11.8 Å². The lowest BCUT2D eigenvalue weighted by atomic mass is 9.82. The van der Waals surface area contributed by atoms with E-state index in [1.54, 1.807) is 18.3 Å². The Morgan fingerprint density at radius 1 is 0.767 bits per heavy atom. The maximum Gasteiger partial charge on any atom is 0.490 e. The first kappa shape index (κ1) is 26.4. The summed E-state index contributed by atoms with van der Waals surface area (Å²) in [5.41, 5.74) is 0.373. The number of rotatable bonds is 13. The first-order valence-electron chi connectivity index (χ1n) is 10.8. The van der Waals surface area contributed by atoms with Crippen molar-refractivity contribution in [1.29, 1.82) is 0 Å².